The molecule has 0 saturated carbocycles. The summed E-state index contributed by atoms with van der Waals surface area (Å²) in [4.78, 5) is 28.9. The van der Waals surface area contributed by atoms with E-state index < -0.39 is 12.7 Å². The molecule has 2 aromatic rings. The quantitative estimate of drug-likeness (QED) is 0.665. The molecule has 160 valence electrons. The highest BCUT2D eigenvalue weighted by Crippen LogP contribution is 2.30. The molecule has 30 heavy (non-hydrogen) atoms. The number of likely N-dealkylation sites (N-methyl/N-ethyl adjacent to an activating group) is 1. The van der Waals surface area contributed by atoms with Gasteiger partial charge in [-0.15, -0.1) is 11.8 Å². The average molecular weight is 436 g/mol. The van der Waals surface area contributed by atoms with Gasteiger partial charge in [-0.1, -0.05) is 24.3 Å². The van der Waals surface area contributed by atoms with Gasteiger partial charge in [0.25, 0.3) is 5.91 Å². The van der Waals surface area contributed by atoms with Gasteiger partial charge >= 0.3 is 6.61 Å². The molecule has 2 aromatic carbocycles. The number of halogens is 2. The van der Waals surface area contributed by atoms with Crippen LogP contribution >= 0.6 is 11.8 Å². The van der Waals surface area contributed by atoms with Gasteiger partial charge in [0.05, 0.1) is 13.0 Å². The Bertz CT molecular complexity index is 898. The monoisotopic (exact) mass is 436 g/mol. The van der Waals surface area contributed by atoms with E-state index in [-0.39, 0.29) is 29.9 Å². The number of benzene rings is 2. The predicted octanol–water partition coefficient (Wildman–Crippen LogP) is 3.47. The molecule has 0 aliphatic carbocycles. The number of alkyl halides is 2. The number of hydrogen-bond acceptors (Lipinski definition) is 5. The minimum atomic E-state index is -2.98. The Hall–Kier alpha value is -2.81. The van der Waals surface area contributed by atoms with Crippen molar-refractivity contribution in [1.29, 1.82) is 0 Å². The van der Waals surface area contributed by atoms with Crippen molar-refractivity contribution in [2.75, 3.05) is 25.8 Å². The molecular weight excluding hydrogens is 414 g/mol. The van der Waals surface area contributed by atoms with Crippen LogP contribution in [0.25, 0.3) is 0 Å². The second-order valence-corrected chi connectivity index (χ2v) is 7.71. The number of methoxy groups -OCH3 is 1. The van der Waals surface area contributed by atoms with Crippen molar-refractivity contribution in [3.8, 4) is 11.5 Å². The zero-order valence-electron chi connectivity index (χ0n) is 16.6. The zero-order chi connectivity index (χ0) is 21.7. The summed E-state index contributed by atoms with van der Waals surface area (Å²) in [5.74, 6) is 0.626. The van der Waals surface area contributed by atoms with Crippen molar-refractivity contribution in [2.24, 2.45) is 0 Å². The summed E-state index contributed by atoms with van der Waals surface area (Å²) in [6.07, 6.45) is 0. The summed E-state index contributed by atoms with van der Waals surface area (Å²) in [6.45, 7) is -2.81. The van der Waals surface area contributed by atoms with Crippen molar-refractivity contribution in [3.63, 3.8) is 0 Å². The molecule has 0 N–H and O–H groups in total. The van der Waals surface area contributed by atoms with Gasteiger partial charge in [0.15, 0.2) is 11.5 Å². The topological polar surface area (TPSA) is 59.1 Å². The van der Waals surface area contributed by atoms with Crippen molar-refractivity contribution >= 4 is 23.6 Å². The lowest BCUT2D eigenvalue weighted by atomic mass is 10.1. The molecule has 1 heterocycles. The Kier molecular flexibility index (Phi) is 7.15. The van der Waals surface area contributed by atoms with Crippen molar-refractivity contribution in [2.45, 2.75) is 19.2 Å². The third-order valence-electron chi connectivity index (χ3n) is 4.69. The molecule has 1 unspecified atom stereocenters. The molecule has 2 amide bonds. The smallest absolute Gasteiger partial charge is 0.387 e. The van der Waals surface area contributed by atoms with Crippen molar-refractivity contribution in [3.05, 3.63) is 59.7 Å². The molecule has 0 spiro atoms. The number of rotatable bonds is 7. The maximum atomic E-state index is 13.0. The molecule has 0 aromatic heterocycles. The van der Waals surface area contributed by atoms with Crippen LogP contribution in [0.15, 0.2) is 48.5 Å². The van der Waals surface area contributed by atoms with E-state index >= 15 is 0 Å². The molecule has 1 fully saturated rings. The van der Waals surface area contributed by atoms with Crippen LogP contribution in [0.3, 0.4) is 0 Å². The molecular formula is C21H22F2N2O4S. The number of thioether (sulfide) groups is 1. The summed E-state index contributed by atoms with van der Waals surface area (Å²) >= 11 is 1.52. The Morgan fingerprint density at radius 3 is 2.60 bits per heavy atom. The minimum Gasteiger partial charge on any atom is -0.493 e. The van der Waals surface area contributed by atoms with E-state index in [9.17, 15) is 18.4 Å². The van der Waals surface area contributed by atoms with Crippen LogP contribution in [0.2, 0.25) is 0 Å². The lowest BCUT2D eigenvalue weighted by Gasteiger charge is -2.27. The van der Waals surface area contributed by atoms with Crippen LogP contribution in [-0.4, -0.2) is 60.1 Å². The van der Waals surface area contributed by atoms with Crippen molar-refractivity contribution < 1.29 is 27.8 Å². The van der Waals surface area contributed by atoms with Gasteiger partial charge in [-0.2, -0.15) is 8.78 Å². The van der Waals surface area contributed by atoms with E-state index in [1.165, 1.54) is 35.9 Å². The van der Waals surface area contributed by atoms with Crippen LogP contribution in [0, 0.1) is 0 Å². The number of hydrogen-bond donors (Lipinski definition) is 0. The Morgan fingerprint density at radius 2 is 1.93 bits per heavy atom. The van der Waals surface area contributed by atoms with Crippen LogP contribution in [0.5, 0.6) is 11.5 Å². The Labute approximate surface area is 177 Å². The van der Waals surface area contributed by atoms with Crippen LogP contribution < -0.4 is 9.47 Å². The first kappa shape index (κ1) is 21.9. The fourth-order valence-corrected chi connectivity index (χ4v) is 4.35. The number of carbonyl (C=O) groups excluding carboxylic acids is 2. The molecule has 6 nitrogen and oxygen atoms in total. The third-order valence-corrected chi connectivity index (χ3v) is 5.70. The first-order valence-electron chi connectivity index (χ1n) is 9.21. The number of amides is 2. The maximum absolute atomic E-state index is 13.0. The highest BCUT2D eigenvalue weighted by atomic mass is 32.2. The zero-order valence-corrected chi connectivity index (χ0v) is 17.4. The predicted molar refractivity (Wildman–Crippen MR) is 110 cm³/mol. The van der Waals surface area contributed by atoms with Crippen LogP contribution in [0.4, 0.5) is 8.78 Å². The molecule has 1 atom stereocenters. The van der Waals surface area contributed by atoms with E-state index in [4.69, 9.17) is 4.74 Å². The highest BCUT2D eigenvalue weighted by Gasteiger charge is 2.36. The van der Waals surface area contributed by atoms with Crippen molar-refractivity contribution in [1.82, 2.24) is 9.80 Å². The second-order valence-electron chi connectivity index (χ2n) is 6.71. The van der Waals surface area contributed by atoms with Gasteiger partial charge in [0.2, 0.25) is 5.91 Å². The summed E-state index contributed by atoms with van der Waals surface area (Å²) in [5, 5.41) is 0. The molecule has 0 radical (unpaired) electrons. The molecule has 0 bridgehead atoms. The first-order valence-corrected chi connectivity index (χ1v) is 10.4. The number of ether oxygens (including phenoxy) is 2. The molecule has 1 aliphatic rings. The molecule has 9 heteroatoms. The Balaban J connectivity index is 1.71. The highest BCUT2D eigenvalue weighted by molar-refractivity contribution is 7.99. The summed E-state index contributed by atoms with van der Waals surface area (Å²) in [7, 11) is 2.98. The summed E-state index contributed by atoms with van der Waals surface area (Å²) in [6, 6.07) is 12.9. The SMILES string of the molecule is COc1ccc(CN(C)C(=O)C2CSCN2C(=O)c2ccccc2)cc1OC(F)F. The van der Waals surface area contributed by atoms with Crippen LogP contribution in [0.1, 0.15) is 15.9 Å². The molecule has 1 saturated heterocycles. The second kappa shape index (κ2) is 9.80. The maximum Gasteiger partial charge on any atom is 0.387 e. The van der Waals surface area contributed by atoms with Gasteiger partial charge < -0.3 is 19.3 Å². The lowest BCUT2D eigenvalue weighted by molar-refractivity contribution is -0.134. The van der Waals surface area contributed by atoms with E-state index in [1.54, 1.807) is 42.3 Å². The summed E-state index contributed by atoms with van der Waals surface area (Å²) < 4.78 is 34.8. The third kappa shape index (κ3) is 5.02. The fourth-order valence-electron chi connectivity index (χ4n) is 3.21. The average Bonchev–Trinajstić information content (AvgIpc) is 3.23. The van der Waals surface area contributed by atoms with E-state index in [1.807, 2.05) is 6.07 Å². The van der Waals surface area contributed by atoms with Gasteiger partial charge in [-0.05, 0) is 29.8 Å². The number of carbonyl (C=O) groups is 2. The normalized spacial score (nSPS) is 15.9. The van der Waals surface area contributed by atoms with Gasteiger partial charge in [0.1, 0.15) is 6.04 Å². The Morgan fingerprint density at radius 1 is 1.20 bits per heavy atom. The van der Waals surface area contributed by atoms with Gasteiger partial charge in [-0.25, -0.2) is 0 Å². The largest absolute Gasteiger partial charge is 0.493 e. The van der Waals surface area contributed by atoms with Crippen LogP contribution in [-0.2, 0) is 11.3 Å². The van der Waals surface area contributed by atoms with Gasteiger partial charge in [-0.3, -0.25) is 9.59 Å². The van der Waals surface area contributed by atoms with E-state index in [2.05, 4.69) is 4.74 Å². The van der Waals surface area contributed by atoms with Gasteiger partial charge in [0, 0.05) is 24.9 Å². The molecule has 3 rings (SSSR count). The lowest BCUT2D eigenvalue weighted by Crippen LogP contribution is -2.47. The van der Waals surface area contributed by atoms with E-state index in [0.29, 0.717) is 22.8 Å². The summed E-state index contributed by atoms with van der Waals surface area (Å²) in [5.41, 5.74) is 1.14. The number of nitrogens with zero attached hydrogens (tertiary/aromatic N) is 2. The standard InChI is InChI=1S/C21H22F2N2O4S/c1-24(11-14-8-9-17(28-2)18(10-14)29-21(22)23)20(27)16-12-30-13-25(16)19(26)15-6-4-3-5-7-15/h3-10,16,21H,11-13H2,1-2H3. The minimum absolute atomic E-state index is 0.0943. The molecule has 1 aliphatic heterocycles. The first-order chi connectivity index (χ1) is 14.4. The van der Waals surface area contributed by atoms with E-state index in [0.717, 1.165) is 0 Å². The fraction of sp³-hybridized carbons (Fsp3) is 0.333.